The molecule has 7 nitrogen and oxygen atoms in total. The van der Waals surface area contributed by atoms with Crippen LogP contribution in [0.3, 0.4) is 0 Å². The molecule has 0 saturated heterocycles. The molecule has 2 amide bonds. The number of carbonyl (C=O) groups is 1. The second-order valence-corrected chi connectivity index (χ2v) is 6.27. The third-order valence-electron chi connectivity index (χ3n) is 3.68. The number of nitrogens with zero attached hydrogens (tertiary/aromatic N) is 2. The van der Waals surface area contributed by atoms with Gasteiger partial charge in [0.2, 0.25) is 0 Å². The SMILES string of the molecule is COc1ccc(OC(C)N(C(=O)NCCN(C)C)C(C)C)cc1OC. The predicted molar refractivity (Wildman–Crippen MR) is 98.6 cm³/mol. The topological polar surface area (TPSA) is 63.3 Å². The molecule has 1 unspecified atom stereocenters. The molecular weight excluding hydrogens is 322 g/mol. The van der Waals surface area contributed by atoms with Crippen molar-refractivity contribution in [2.75, 3.05) is 41.4 Å². The van der Waals surface area contributed by atoms with Gasteiger partial charge in [0.25, 0.3) is 0 Å². The quantitative estimate of drug-likeness (QED) is 0.691. The second-order valence-electron chi connectivity index (χ2n) is 6.27. The standard InChI is InChI=1S/C18H31N3O4/c1-13(2)21(18(22)19-10-11-20(4)5)14(3)25-15-8-9-16(23-6)17(12-15)24-7/h8-9,12-14H,10-11H2,1-7H3,(H,19,22). The van der Waals surface area contributed by atoms with Crippen LogP contribution in [0, 0.1) is 0 Å². The van der Waals surface area contributed by atoms with Crippen LogP contribution in [0.5, 0.6) is 17.2 Å². The van der Waals surface area contributed by atoms with Crippen molar-refractivity contribution in [3.8, 4) is 17.2 Å². The van der Waals surface area contributed by atoms with E-state index >= 15 is 0 Å². The summed E-state index contributed by atoms with van der Waals surface area (Å²) in [5, 5.41) is 2.92. The van der Waals surface area contributed by atoms with Crippen LogP contribution in [0.1, 0.15) is 20.8 Å². The van der Waals surface area contributed by atoms with Gasteiger partial charge in [0.1, 0.15) is 5.75 Å². The van der Waals surface area contributed by atoms with Crippen molar-refractivity contribution >= 4 is 6.03 Å². The molecule has 0 aromatic heterocycles. The summed E-state index contributed by atoms with van der Waals surface area (Å²) in [6, 6.07) is 5.16. The number of ether oxygens (including phenoxy) is 3. The Morgan fingerprint density at radius 2 is 1.76 bits per heavy atom. The van der Waals surface area contributed by atoms with Gasteiger partial charge in [0, 0.05) is 25.2 Å². The van der Waals surface area contributed by atoms with Crippen molar-refractivity contribution in [3.05, 3.63) is 18.2 Å². The van der Waals surface area contributed by atoms with Gasteiger partial charge in [0.15, 0.2) is 17.7 Å². The fourth-order valence-corrected chi connectivity index (χ4v) is 2.44. The van der Waals surface area contributed by atoms with Crippen molar-refractivity contribution in [2.24, 2.45) is 0 Å². The lowest BCUT2D eigenvalue weighted by atomic mass is 10.3. The number of methoxy groups -OCH3 is 2. The van der Waals surface area contributed by atoms with E-state index in [1.807, 2.05) is 39.8 Å². The van der Waals surface area contributed by atoms with Crippen molar-refractivity contribution in [1.29, 1.82) is 0 Å². The lowest BCUT2D eigenvalue weighted by molar-refractivity contribution is 0.0460. The zero-order valence-electron chi connectivity index (χ0n) is 16.3. The summed E-state index contributed by atoms with van der Waals surface area (Å²) in [5.41, 5.74) is 0. The average Bonchev–Trinajstić information content (AvgIpc) is 2.53. The van der Waals surface area contributed by atoms with E-state index in [2.05, 4.69) is 5.32 Å². The highest BCUT2D eigenvalue weighted by molar-refractivity contribution is 5.74. The molecule has 1 N–H and O–H groups in total. The number of benzene rings is 1. The van der Waals surface area contributed by atoms with Gasteiger partial charge in [-0.05, 0) is 47.0 Å². The van der Waals surface area contributed by atoms with Crippen LogP contribution in [0.25, 0.3) is 0 Å². The fourth-order valence-electron chi connectivity index (χ4n) is 2.44. The van der Waals surface area contributed by atoms with E-state index in [0.29, 0.717) is 23.8 Å². The molecule has 0 aliphatic rings. The van der Waals surface area contributed by atoms with E-state index < -0.39 is 6.23 Å². The molecule has 1 rings (SSSR count). The highest BCUT2D eigenvalue weighted by Crippen LogP contribution is 2.31. The van der Waals surface area contributed by atoms with Crippen molar-refractivity contribution < 1.29 is 19.0 Å². The van der Waals surface area contributed by atoms with E-state index in [0.717, 1.165) is 6.54 Å². The molecule has 142 valence electrons. The first-order valence-corrected chi connectivity index (χ1v) is 8.39. The van der Waals surface area contributed by atoms with Crippen LogP contribution in [-0.4, -0.2) is 69.5 Å². The molecule has 0 bridgehead atoms. The summed E-state index contributed by atoms with van der Waals surface area (Å²) in [6.07, 6.45) is -0.433. The highest BCUT2D eigenvalue weighted by atomic mass is 16.5. The Labute approximate surface area is 150 Å². The van der Waals surface area contributed by atoms with Crippen LogP contribution >= 0.6 is 0 Å². The van der Waals surface area contributed by atoms with Gasteiger partial charge >= 0.3 is 6.03 Å². The van der Waals surface area contributed by atoms with Gasteiger partial charge in [0.05, 0.1) is 14.2 Å². The molecule has 1 aromatic rings. The zero-order valence-corrected chi connectivity index (χ0v) is 16.3. The monoisotopic (exact) mass is 353 g/mol. The maximum absolute atomic E-state index is 12.5. The van der Waals surface area contributed by atoms with Gasteiger partial charge in [-0.15, -0.1) is 0 Å². The predicted octanol–water partition coefficient (Wildman–Crippen LogP) is 2.41. The Morgan fingerprint density at radius 3 is 2.28 bits per heavy atom. The summed E-state index contributed by atoms with van der Waals surface area (Å²) in [5.74, 6) is 1.82. The van der Waals surface area contributed by atoms with Gasteiger partial charge < -0.3 is 24.4 Å². The lowest BCUT2D eigenvalue weighted by Crippen LogP contribution is -2.51. The van der Waals surface area contributed by atoms with E-state index in [9.17, 15) is 4.79 Å². The smallest absolute Gasteiger partial charge is 0.320 e. The van der Waals surface area contributed by atoms with E-state index in [4.69, 9.17) is 14.2 Å². The Morgan fingerprint density at radius 1 is 1.12 bits per heavy atom. The number of hydrogen-bond donors (Lipinski definition) is 1. The third-order valence-corrected chi connectivity index (χ3v) is 3.68. The van der Waals surface area contributed by atoms with E-state index in [-0.39, 0.29) is 12.1 Å². The van der Waals surface area contributed by atoms with Gasteiger partial charge in [-0.25, -0.2) is 4.79 Å². The minimum absolute atomic E-state index is 0.00509. The molecule has 0 aliphatic carbocycles. The van der Waals surface area contributed by atoms with E-state index in [1.165, 1.54) is 0 Å². The number of hydrogen-bond acceptors (Lipinski definition) is 5. The average molecular weight is 353 g/mol. The molecule has 0 spiro atoms. The number of likely N-dealkylation sites (N-methyl/N-ethyl adjacent to an activating group) is 1. The first-order chi connectivity index (χ1) is 11.8. The summed E-state index contributed by atoms with van der Waals surface area (Å²) in [6.45, 7) is 7.13. The largest absolute Gasteiger partial charge is 0.493 e. The van der Waals surface area contributed by atoms with Crippen molar-refractivity contribution in [2.45, 2.75) is 33.0 Å². The van der Waals surface area contributed by atoms with Gasteiger partial charge in [-0.2, -0.15) is 0 Å². The normalized spacial score (nSPS) is 12.0. The fraction of sp³-hybridized carbons (Fsp3) is 0.611. The number of carbonyl (C=O) groups excluding carboxylic acids is 1. The van der Waals surface area contributed by atoms with Gasteiger partial charge in [-0.1, -0.05) is 0 Å². The van der Waals surface area contributed by atoms with Crippen LogP contribution in [0.4, 0.5) is 4.79 Å². The second kappa shape index (κ2) is 9.98. The van der Waals surface area contributed by atoms with Crippen molar-refractivity contribution in [1.82, 2.24) is 15.1 Å². The number of urea groups is 1. The Hall–Kier alpha value is -2.15. The van der Waals surface area contributed by atoms with Crippen LogP contribution < -0.4 is 19.5 Å². The molecular formula is C18H31N3O4. The highest BCUT2D eigenvalue weighted by Gasteiger charge is 2.24. The number of rotatable bonds is 9. The Balaban J connectivity index is 2.79. The van der Waals surface area contributed by atoms with E-state index in [1.54, 1.807) is 37.3 Å². The lowest BCUT2D eigenvalue weighted by Gasteiger charge is -2.33. The number of nitrogens with one attached hydrogen (secondary N) is 1. The summed E-state index contributed by atoms with van der Waals surface area (Å²) < 4.78 is 16.5. The molecule has 0 fully saturated rings. The maximum Gasteiger partial charge on any atom is 0.320 e. The number of amides is 2. The van der Waals surface area contributed by atoms with Gasteiger partial charge in [-0.3, -0.25) is 4.90 Å². The third kappa shape index (κ3) is 6.34. The summed E-state index contributed by atoms with van der Waals surface area (Å²) in [7, 11) is 7.09. The van der Waals surface area contributed by atoms with Crippen LogP contribution in [0.2, 0.25) is 0 Å². The first-order valence-electron chi connectivity index (χ1n) is 8.39. The Kier molecular flexibility index (Phi) is 8.34. The van der Waals surface area contributed by atoms with Crippen LogP contribution in [0.15, 0.2) is 18.2 Å². The molecule has 1 aromatic carbocycles. The van der Waals surface area contributed by atoms with Crippen molar-refractivity contribution in [3.63, 3.8) is 0 Å². The maximum atomic E-state index is 12.5. The molecule has 0 radical (unpaired) electrons. The Bertz CT molecular complexity index is 549. The summed E-state index contributed by atoms with van der Waals surface area (Å²) in [4.78, 5) is 16.2. The molecule has 1 atom stereocenters. The van der Waals surface area contributed by atoms with Crippen LogP contribution in [-0.2, 0) is 0 Å². The molecule has 25 heavy (non-hydrogen) atoms. The zero-order chi connectivity index (χ0) is 19.0. The minimum atomic E-state index is -0.433. The molecule has 7 heteroatoms. The molecule has 0 saturated carbocycles. The first kappa shape index (κ1) is 20.9. The molecule has 0 aliphatic heterocycles. The molecule has 0 heterocycles. The minimum Gasteiger partial charge on any atom is -0.493 e. The summed E-state index contributed by atoms with van der Waals surface area (Å²) >= 11 is 0.